The molecule has 1 aliphatic carbocycles. The third-order valence-electron chi connectivity index (χ3n) is 5.46. The SMILES string of the molecule is O=C([O-])C[C@H](O)C[C@H](O)/C=C/c1c(C2CC2)nc2ccccc2c1-c1ccc(F)cc1.[Ca+2].[H-]. The molecule has 0 unspecified atom stereocenters. The quantitative estimate of drug-likeness (QED) is 0.503. The minimum Gasteiger partial charge on any atom is -1.00 e. The van der Waals surface area contributed by atoms with Gasteiger partial charge in [0.05, 0.1) is 23.4 Å². The number of halogens is 1. The summed E-state index contributed by atoms with van der Waals surface area (Å²) >= 11 is 0. The summed E-state index contributed by atoms with van der Waals surface area (Å²) in [6.45, 7) is 0. The van der Waals surface area contributed by atoms with Crippen molar-refractivity contribution in [2.24, 2.45) is 0 Å². The Bertz CT molecular complexity index is 1140. The van der Waals surface area contributed by atoms with Gasteiger partial charge in [-0.15, -0.1) is 0 Å². The van der Waals surface area contributed by atoms with Crippen LogP contribution in [0.25, 0.3) is 28.1 Å². The molecule has 0 radical (unpaired) electrons. The van der Waals surface area contributed by atoms with Crippen LogP contribution in [0.1, 0.15) is 44.3 Å². The van der Waals surface area contributed by atoms with E-state index in [2.05, 4.69) is 0 Å². The van der Waals surface area contributed by atoms with E-state index >= 15 is 0 Å². The summed E-state index contributed by atoms with van der Waals surface area (Å²) in [7, 11) is 0. The van der Waals surface area contributed by atoms with E-state index in [1.165, 1.54) is 12.1 Å². The van der Waals surface area contributed by atoms with Crippen molar-refractivity contribution in [1.29, 1.82) is 0 Å². The summed E-state index contributed by atoms with van der Waals surface area (Å²) in [4.78, 5) is 15.5. The van der Waals surface area contributed by atoms with Gasteiger partial charge < -0.3 is 21.5 Å². The van der Waals surface area contributed by atoms with Crippen LogP contribution in [-0.4, -0.2) is 71.1 Å². The molecule has 1 saturated carbocycles. The molecule has 1 heterocycles. The van der Waals surface area contributed by atoms with Crippen molar-refractivity contribution >= 4 is 60.7 Å². The number of carboxylic acid groups (broad SMARTS) is 1. The fourth-order valence-corrected chi connectivity index (χ4v) is 3.85. The molecule has 0 spiro atoms. The third kappa shape index (κ3) is 5.94. The molecular weight excluding hydrogens is 437 g/mol. The number of fused-ring (bicyclic) bond motifs is 1. The number of nitrogens with zero attached hydrogens (tertiary/aromatic N) is 1. The molecule has 162 valence electrons. The molecule has 1 aliphatic rings. The smallest absolute Gasteiger partial charge is 1.00 e. The van der Waals surface area contributed by atoms with E-state index in [0.29, 0.717) is 5.92 Å². The number of para-hydroxylation sites is 1. The summed E-state index contributed by atoms with van der Waals surface area (Å²) in [5, 5.41) is 31.7. The van der Waals surface area contributed by atoms with E-state index in [0.717, 1.165) is 46.1 Å². The molecule has 5 nitrogen and oxygen atoms in total. The zero-order chi connectivity index (χ0) is 22.0. The number of hydrogen-bond donors (Lipinski definition) is 2. The number of aliphatic carboxylic acids is 1. The van der Waals surface area contributed by atoms with E-state index in [1.807, 2.05) is 24.3 Å². The minimum atomic E-state index is -1.36. The van der Waals surface area contributed by atoms with Gasteiger partial charge in [-0.1, -0.05) is 42.5 Å². The van der Waals surface area contributed by atoms with Crippen molar-refractivity contribution < 1.29 is 25.9 Å². The minimum absolute atomic E-state index is 0. The maximum Gasteiger partial charge on any atom is 2.00 e. The Morgan fingerprint density at radius 3 is 2.53 bits per heavy atom. The predicted molar refractivity (Wildman–Crippen MR) is 121 cm³/mol. The van der Waals surface area contributed by atoms with Crippen molar-refractivity contribution in [2.75, 3.05) is 0 Å². The molecule has 0 aliphatic heterocycles. The number of benzene rings is 2. The second kappa shape index (κ2) is 10.9. The number of aliphatic hydroxyl groups excluding tert-OH is 2. The van der Waals surface area contributed by atoms with Crippen LogP contribution < -0.4 is 5.11 Å². The van der Waals surface area contributed by atoms with E-state index in [4.69, 9.17) is 4.98 Å². The number of pyridine rings is 1. The number of carboxylic acids is 1. The van der Waals surface area contributed by atoms with Gasteiger partial charge in [0, 0.05) is 41.2 Å². The first-order chi connectivity index (χ1) is 14.9. The monoisotopic (exact) mass is 461 g/mol. The second-order valence-electron chi connectivity index (χ2n) is 7.98. The molecule has 1 aromatic heterocycles. The summed E-state index contributed by atoms with van der Waals surface area (Å²) in [5.74, 6) is -1.36. The van der Waals surface area contributed by atoms with E-state index in [9.17, 15) is 24.5 Å². The molecule has 2 atom stereocenters. The average molecular weight is 462 g/mol. The van der Waals surface area contributed by atoms with Crippen LogP contribution in [0.3, 0.4) is 0 Å². The molecule has 7 heteroatoms. The van der Waals surface area contributed by atoms with Gasteiger partial charge in [0.2, 0.25) is 0 Å². The molecule has 4 rings (SSSR count). The Morgan fingerprint density at radius 1 is 1.19 bits per heavy atom. The zero-order valence-corrected chi connectivity index (χ0v) is 19.8. The van der Waals surface area contributed by atoms with Crippen molar-refractivity contribution in [2.45, 2.75) is 43.8 Å². The van der Waals surface area contributed by atoms with E-state index in [1.54, 1.807) is 24.3 Å². The Hall–Kier alpha value is -1.83. The summed E-state index contributed by atoms with van der Waals surface area (Å²) < 4.78 is 13.6. The first-order valence-corrected chi connectivity index (χ1v) is 10.3. The maximum absolute atomic E-state index is 13.6. The van der Waals surface area contributed by atoms with Gasteiger partial charge in [-0.25, -0.2) is 4.39 Å². The zero-order valence-electron chi connectivity index (χ0n) is 18.6. The van der Waals surface area contributed by atoms with Gasteiger partial charge in [-0.05, 0) is 36.6 Å². The van der Waals surface area contributed by atoms with Gasteiger partial charge in [-0.2, -0.15) is 0 Å². The molecule has 3 aromatic rings. The third-order valence-corrected chi connectivity index (χ3v) is 5.46. The van der Waals surface area contributed by atoms with Gasteiger partial charge >= 0.3 is 37.7 Å². The van der Waals surface area contributed by atoms with Crippen molar-refractivity contribution in [3.63, 3.8) is 0 Å². The largest absolute Gasteiger partial charge is 2.00 e. The number of carbonyl (C=O) groups is 1. The Labute approximate surface area is 217 Å². The normalized spacial score (nSPS) is 15.5. The molecule has 0 amide bonds. The fourth-order valence-electron chi connectivity index (χ4n) is 3.85. The van der Waals surface area contributed by atoms with Crippen LogP contribution in [0.4, 0.5) is 4.39 Å². The van der Waals surface area contributed by atoms with Gasteiger partial charge in [0.1, 0.15) is 5.82 Å². The Morgan fingerprint density at radius 2 is 1.88 bits per heavy atom. The average Bonchev–Trinajstić information content (AvgIpc) is 3.56. The molecule has 32 heavy (non-hydrogen) atoms. The topological polar surface area (TPSA) is 93.5 Å². The second-order valence-corrected chi connectivity index (χ2v) is 7.98. The Kier molecular flexibility index (Phi) is 8.42. The molecule has 2 N–H and O–H groups in total. The first-order valence-electron chi connectivity index (χ1n) is 10.3. The fraction of sp³-hybridized carbons (Fsp3) is 0.280. The molecule has 0 bridgehead atoms. The predicted octanol–water partition coefficient (Wildman–Crippen LogP) is 2.92. The van der Waals surface area contributed by atoms with E-state index in [-0.39, 0.29) is 51.4 Å². The van der Waals surface area contributed by atoms with Crippen molar-refractivity contribution in [3.05, 3.63) is 71.7 Å². The first kappa shape index (κ1) is 24.8. The van der Waals surface area contributed by atoms with Gasteiger partial charge in [0.15, 0.2) is 0 Å². The standard InChI is InChI=1S/C25H24FNO4.Ca.H/c26-17-9-7-15(8-10-17)24-20-3-1-2-4-22(20)27-25(16-5-6-16)21(24)12-11-18(28)13-19(29)14-23(30)31;;/h1-4,7-12,16,18-19,28-29H,5-6,13-14H2,(H,30,31);;/q;+2;-1/p-1/b12-11+;;/t18-,19-;;/m1../s1. The van der Waals surface area contributed by atoms with Crippen LogP contribution in [0.15, 0.2) is 54.6 Å². The summed E-state index contributed by atoms with van der Waals surface area (Å²) in [6, 6.07) is 14.1. The van der Waals surface area contributed by atoms with Crippen LogP contribution in [-0.2, 0) is 4.79 Å². The number of aliphatic hydroxyl groups is 2. The number of hydrogen-bond acceptors (Lipinski definition) is 5. The molecular formula is C25H24CaFNO4. The Balaban J connectivity index is 0.00000193. The van der Waals surface area contributed by atoms with Crippen molar-refractivity contribution in [1.82, 2.24) is 4.98 Å². The summed E-state index contributed by atoms with van der Waals surface area (Å²) in [5.41, 5.74) is 4.38. The van der Waals surface area contributed by atoms with Crippen LogP contribution in [0, 0.1) is 5.82 Å². The number of rotatable bonds is 8. The van der Waals surface area contributed by atoms with Crippen molar-refractivity contribution in [3.8, 4) is 11.1 Å². The van der Waals surface area contributed by atoms with Crippen LogP contribution in [0.5, 0.6) is 0 Å². The molecule has 0 saturated heterocycles. The summed E-state index contributed by atoms with van der Waals surface area (Å²) in [6.07, 6.45) is 2.51. The molecule has 1 fully saturated rings. The van der Waals surface area contributed by atoms with E-state index < -0.39 is 24.6 Å². The van der Waals surface area contributed by atoms with Crippen LogP contribution >= 0.6 is 0 Å². The number of carbonyl (C=O) groups excluding carboxylic acids is 1. The van der Waals surface area contributed by atoms with Gasteiger partial charge in [0.25, 0.3) is 0 Å². The number of aromatic nitrogens is 1. The molecule has 2 aromatic carbocycles. The van der Waals surface area contributed by atoms with Gasteiger partial charge in [-0.3, -0.25) is 4.98 Å². The van der Waals surface area contributed by atoms with Crippen LogP contribution in [0.2, 0.25) is 0 Å². The maximum atomic E-state index is 13.6.